The van der Waals surface area contributed by atoms with E-state index in [0.717, 1.165) is 30.9 Å². The number of aryl methyl sites for hydroxylation is 1. The molecule has 0 amide bonds. The zero-order valence-electron chi connectivity index (χ0n) is 20.9. The molecule has 0 aliphatic heterocycles. The van der Waals surface area contributed by atoms with Crippen molar-refractivity contribution in [2.45, 2.75) is 72.1 Å². The first-order chi connectivity index (χ1) is 15.7. The number of carbonyl (C=O) groups is 2. The number of aromatic nitrogens is 1. The van der Waals surface area contributed by atoms with Crippen molar-refractivity contribution in [1.82, 2.24) is 0 Å². The first-order valence-corrected chi connectivity index (χ1v) is 12.7. The molecule has 6 atom stereocenters. The third-order valence-corrected chi connectivity index (χ3v) is 9.91. The molecule has 0 N–H and O–H groups in total. The van der Waals surface area contributed by atoms with Gasteiger partial charge < -0.3 is 28.8 Å². The van der Waals surface area contributed by atoms with E-state index in [1.54, 1.807) is 12.3 Å². The molecule has 5 nitrogen and oxygen atoms in total. The molecule has 5 rings (SSSR count). The number of halogens is 1. The van der Waals surface area contributed by atoms with Gasteiger partial charge in [-0.2, -0.15) is 0 Å². The van der Waals surface area contributed by atoms with Crippen molar-refractivity contribution in [3.63, 3.8) is 0 Å². The standard InChI is InChI=1S/C28H37N2O3.HI/c1-18(29-33-26(32)19-6-5-15-30(4)17-19)23-9-10-24-22-8-7-20-16-21(31)11-13-27(20,2)25(22)12-14-28(23,24)3;/h5-6,15-17,22-25H,7-14H2,1-4H3;1H/q+1;/p-1/b29-18+;/t22-,23+,24-,25-,27-,28+;/m0./s1. The molecule has 0 spiro atoms. The lowest BCUT2D eigenvalue weighted by Gasteiger charge is -2.58. The molecule has 6 heteroatoms. The maximum atomic E-state index is 12.5. The summed E-state index contributed by atoms with van der Waals surface area (Å²) in [6, 6.07) is 3.59. The normalized spacial score (nSPS) is 37.0. The number of hydrogen-bond acceptors (Lipinski definition) is 4. The SMILES string of the molecule is C/C(=N\OC(=O)c1ccc[n+](C)c1)[C@H]1CC[C@H]2[C@@H]3CCC4=CC(=O)CC[C@]4(C)[C@H]3CC[C@]12C.[I-]. The Morgan fingerprint density at radius 1 is 1.12 bits per heavy atom. The van der Waals surface area contributed by atoms with E-state index in [-0.39, 0.29) is 34.8 Å². The first-order valence-electron chi connectivity index (χ1n) is 12.7. The lowest BCUT2D eigenvalue weighted by Crippen LogP contribution is -3.00. The van der Waals surface area contributed by atoms with Crippen molar-refractivity contribution in [2.24, 2.45) is 46.7 Å². The van der Waals surface area contributed by atoms with Gasteiger partial charge in [-0.1, -0.05) is 24.6 Å². The molecule has 3 fully saturated rings. The summed E-state index contributed by atoms with van der Waals surface area (Å²) in [5.41, 5.74) is 3.32. The average Bonchev–Trinajstić information content (AvgIpc) is 3.15. The van der Waals surface area contributed by atoms with Gasteiger partial charge in [0.25, 0.3) is 0 Å². The summed E-state index contributed by atoms with van der Waals surface area (Å²) in [5.74, 6) is 2.39. The van der Waals surface area contributed by atoms with Gasteiger partial charge in [0, 0.05) is 18.4 Å². The van der Waals surface area contributed by atoms with E-state index >= 15 is 0 Å². The van der Waals surface area contributed by atoms with Gasteiger partial charge in [0.2, 0.25) is 0 Å². The van der Waals surface area contributed by atoms with Gasteiger partial charge in [0.15, 0.2) is 18.2 Å². The Morgan fingerprint density at radius 3 is 2.68 bits per heavy atom. The van der Waals surface area contributed by atoms with Crippen molar-refractivity contribution in [3.05, 3.63) is 41.7 Å². The summed E-state index contributed by atoms with van der Waals surface area (Å²) >= 11 is 0. The predicted octanol–water partition coefficient (Wildman–Crippen LogP) is 2.20. The molecular weight excluding hydrogens is 539 g/mol. The molecule has 1 aromatic heterocycles. The minimum Gasteiger partial charge on any atom is -1.00 e. The van der Waals surface area contributed by atoms with Gasteiger partial charge in [-0.25, -0.2) is 9.36 Å². The number of rotatable bonds is 3. The minimum absolute atomic E-state index is 0. The summed E-state index contributed by atoms with van der Waals surface area (Å²) in [4.78, 5) is 29.9. The zero-order chi connectivity index (χ0) is 23.4. The van der Waals surface area contributed by atoms with E-state index in [4.69, 9.17) is 4.84 Å². The van der Waals surface area contributed by atoms with E-state index in [1.807, 2.05) is 36.9 Å². The van der Waals surface area contributed by atoms with Crippen LogP contribution in [0.5, 0.6) is 0 Å². The van der Waals surface area contributed by atoms with Crippen molar-refractivity contribution in [3.8, 4) is 0 Å². The van der Waals surface area contributed by atoms with Crippen LogP contribution < -0.4 is 28.5 Å². The van der Waals surface area contributed by atoms with Crippen LogP contribution in [0.2, 0.25) is 0 Å². The zero-order valence-corrected chi connectivity index (χ0v) is 23.0. The van der Waals surface area contributed by atoms with Gasteiger partial charge in [-0.3, -0.25) is 4.79 Å². The van der Waals surface area contributed by atoms with Gasteiger partial charge in [-0.15, -0.1) is 0 Å². The van der Waals surface area contributed by atoms with E-state index < -0.39 is 5.97 Å². The van der Waals surface area contributed by atoms with E-state index in [0.29, 0.717) is 35.5 Å². The number of fused-ring (bicyclic) bond motifs is 5. The minimum atomic E-state index is -0.402. The second-order valence-corrected chi connectivity index (χ2v) is 11.5. The van der Waals surface area contributed by atoms with Crippen LogP contribution >= 0.6 is 0 Å². The Morgan fingerprint density at radius 2 is 1.91 bits per heavy atom. The van der Waals surface area contributed by atoms with Crippen LogP contribution in [0.15, 0.2) is 41.3 Å². The van der Waals surface area contributed by atoms with Gasteiger partial charge >= 0.3 is 5.97 Å². The monoisotopic (exact) mass is 576 g/mol. The Labute approximate surface area is 220 Å². The number of hydrogen-bond donors (Lipinski definition) is 0. The largest absolute Gasteiger partial charge is 1.00 e. The van der Waals surface area contributed by atoms with E-state index in [9.17, 15) is 9.59 Å². The van der Waals surface area contributed by atoms with Gasteiger partial charge in [0.05, 0.1) is 5.71 Å². The van der Waals surface area contributed by atoms with Crippen LogP contribution in [0, 0.1) is 34.5 Å². The fraction of sp³-hybridized carbons (Fsp3) is 0.643. The molecule has 1 aromatic rings. The molecule has 4 aliphatic carbocycles. The maximum Gasteiger partial charge on any atom is 0.371 e. The molecule has 3 saturated carbocycles. The Balaban J connectivity index is 0.00000274. The van der Waals surface area contributed by atoms with Crippen LogP contribution in [0.4, 0.5) is 0 Å². The van der Waals surface area contributed by atoms with Crippen molar-refractivity contribution < 1.29 is 43.0 Å². The van der Waals surface area contributed by atoms with Crippen LogP contribution in [-0.4, -0.2) is 17.5 Å². The number of pyridine rings is 1. The topological polar surface area (TPSA) is 59.6 Å². The second kappa shape index (κ2) is 9.47. The third-order valence-electron chi connectivity index (χ3n) is 9.91. The number of oxime groups is 1. The summed E-state index contributed by atoms with van der Waals surface area (Å²) in [5, 5.41) is 4.35. The highest BCUT2D eigenvalue weighted by Crippen LogP contribution is 2.66. The fourth-order valence-electron chi connectivity index (χ4n) is 8.18. The van der Waals surface area contributed by atoms with E-state index in [2.05, 4.69) is 19.0 Å². The lowest BCUT2D eigenvalue weighted by molar-refractivity contribution is -0.671. The Kier molecular flexibility index (Phi) is 7.11. The van der Waals surface area contributed by atoms with Gasteiger partial charge in [0.1, 0.15) is 12.6 Å². The van der Waals surface area contributed by atoms with Gasteiger partial charge in [-0.05, 0) is 92.6 Å². The van der Waals surface area contributed by atoms with Crippen LogP contribution in [0.1, 0.15) is 82.5 Å². The Hall–Kier alpha value is -1.57. The Bertz CT molecular complexity index is 1050. The summed E-state index contributed by atoms with van der Waals surface area (Å²) in [7, 11) is 1.89. The molecule has 4 aliphatic rings. The quantitative estimate of drug-likeness (QED) is 0.182. The molecule has 0 radical (unpaired) electrons. The number of allylic oxidation sites excluding steroid dienone is 1. The summed E-state index contributed by atoms with van der Waals surface area (Å²) in [6.07, 6.45) is 14.4. The van der Waals surface area contributed by atoms with Crippen molar-refractivity contribution >= 4 is 17.5 Å². The molecule has 184 valence electrons. The first kappa shape index (κ1) is 25.5. The molecule has 34 heavy (non-hydrogen) atoms. The molecule has 1 heterocycles. The molecule has 0 aromatic carbocycles. The van der Waals surface area contributed by atoms with Crippen LogP contribution in [-0.2, 0) is 16.7 Å². The highest BCUT2D eigenvalue weighted by molar-refractivity contribution is 5.92. The number of ketones is 1. The summed E-state index contributed by atoms with van der Waals surface area (Å²) < 4.78 is 1.84. The molecule has 0 bridgehead atoms. The molecule has 0 saturated heterocycles. The fourth-order valence-corrected chi connectivity index (χ4v) is 8.18. The summed E-state index contributed by atoms with van der Waals surface area (Å²) in [6.45, 7) is 6.94. The third kappa shape index (κ3) is 4.18. The van der Waals surface area contributed by atoms with Crippen LogP contribution in [0.3, 0.4) is 0 Å². The number of carbonyl (C=O) groups excluding carboxylic acids is 2. The van der Waals surface area contributed by atoms with Crippen molar-refractivity contribution in [2.75, 3.05) is 0 Å². The predicted molar refractivity (Wildman–Crippen MR) is 126 cm³/mol. The van der Waals surface area contributed by atoms with E-state index in [1.165, 1.54) is 31.3 Å². The molecular formula is C28H37IN2O3. The second-order valence-electron chi connectivity index (χ2n) is 11.5. The average molecular weight is 577 g/mol. The van der Waals surface area contributed by atoms with Crippen molar-refractivity contribution in [1.29, 1.82) is 0 Å². The highest BCUT2D eigenvalue weighted by atomic mass is 127. The lowest BCUT2D eigenvalue weighted by atomic mass is 9.46. The number of nitrogens with zero attached hydrogens (tertiary/aromatic N) is 2. The van der Waals surface area contributed by atoms with Crippen LogP contribution in [0.25, 0.3) is 0 Å². The highest BCUT2D eigenvalue weighted by Gasteiger charge is 2.59. The molecule has 0 unspecified atom stereocenters. The smallest absolute Gasteiger partial charge is 0.371 e. The maximum absolute atomic E-state index is 12.5.